The lowest BCUT2D eigenvalue weighted by Crippen LogP contribution is -2.52. The van der Waals surface area contributed by atoms with Gasteiger partial charge in [-0.2, -0.15) is 0 Å². The second kappa shape index (κ2) is 7.47. The molecule has 0 unspecified atom stereocenters. The number of aromatic nitrogens is 2. The first-order valence-corrected chi connectivity index (χ1v) is 10.7. The molecule has 0 radical (unpaired) electrons. The number of hydrogen-bond donors (Lipinski definition) is 0. The van der Waals surface area contributed by atoms with Crippen LogP contribution in [0.5, 0.6) is 0 Å². The van der Waals surface area contributed by atoms with Crippen LogP contribution in [0, 0.1) is 11.3 Å². The minimum atomic E-state index is -0.485. The van der Waals surface area contributed by atoms with Gasteiger partial charge in [-0.1, -0.05) is 25.0 Å². The van der Waals surface area contributed by atoms with Crippen molar-refractivity contribution < 1.29 is 9.53 Å². The maximum absolute atomic E-state index is 13.0. The molecule has 2 aliphatic rings. The van der Waals surface area contributed by atoms with Crippen LogP contribution in [-0.4, -0.2) is 39.2 Å². The van der Waals surface area contributed by atoms with E-state index in [0.717, 1.165) is 31.3 Å². The zero-order chi connectivity index (χ0) is 20.6. The molecule has 0 N–H and O–H groups in total. The smallest absolute Gasteiger partial charge is 0.410 e. The monoisotopic (exact) mass is 397 g/mol. The second-order valence-corrected chi connectivity index (χ2v) is 9.68. The van der Waals surface area contributed by atoms with Gasteiger partial charge < -0.3 is 9.64 Å². The molecule has 2 fully saturated rings. The Hall–Kier alpha value is -2.37. The number of benzene rings is 1. The van der Waals surface area contributed by atoms with E-state index in [0.29, 0.717) is 24.4 Å². The van der Waals surface area contributed by atoms with E-state index in [1.807, 2.05) is 49.9 Å². The van der Waals surface area contributed by atoms with Crippen LogP contribution < -0.4 is 5.56 Å². The molecule has 0 bridgehead atoms. The number of fused-ring (bicyclic) bond motifs is 1. The minimum Gasteiger partial charge on any atom is -0.444 e. The second-order valence-electron chi connectivity index (χ2n) is 9.68. The van der Waals surface area contributed by atoms with Gasteiger partial charge >= 0.3 is 6.09 Å². The summed E-state index contributed by atoms with van der Waals surface area (Å²) in [6.07, 6.45) is 6.94. The number of likely N-dealkylation sites (tertiary alicyclic amines) is 1. The molecular formula is C23H31N3O3. The highest BCUT2D eigenvalue weighted by molar-refractivity contribution is 5.76. The Bertz CT molecular complexity index is 954. The van der Waals surface area contributed by atoms with Gasteiger partial charge in [0.15, 0.2) is 0 Å². The molecule has 4 rings (SSSR count). The molecular weight excluding hydrogens is 366 g/mol. The number of hydrogen-bond acceptors (Lipinski definition) is 4. The molecule has 1 spiro atoms. The van der Waals surface area contributed by atoms with Gasteiger partial charge in [0.25, 0.3) is 5.56 Å². The van der Waals surface area contributed by atoms with E-state index >= 15 is 0 Å². The summed E-state index contributed by atoms with van der Waals surface area (Å²) in [7, 11) is 0. The molecule has 6 heteroatoms. The zero-order valence-electron chi connectivity index (χ0n) is 17.7. The van der Waals surface area contributed by atoms with Gasteiger partial charge in [-0.15, -0.1) is 0 Å². The summed E-state index contributed by atoms with van der Waals surface area (Å²) in [6.45, 7) is 7.78. The third-order valence-corrected chi connectivity index (χ3v) is 6.52. The Balaban J connectivity index is 1.56. The first kappa shape index (κ1) is 19.9. The Kier molecular flexibility index (Phi) is 5.13. The Labute approximate surface area is 171 Å². The van der Waals surface area contributed by atoms with E-state index < -0.39 is 5.60 Å². The largest absolute Gasteiger partial charge is 0.444 e. The summed E-state index contributed by atoms with van der Waals surface area (Å²) >= 11 is 0. The van der Waals surface area contributed by atoms with Crippen LogP contribution in [0.15, 0.2) is 35.4 Å². The van der Waals surface area contributed by atoms with Crippen molar-refractivity contribution in [2.45, 2.75) is 65.0 Å². The summed E-state index contributed by atoms with van der Waals surface area (Å²) in [5.74, 6) is 0.365. The van der Waals surface area contributed by atoms with Crippen LogP contribution in [0.4, 0.5) is 4.79 Å². The highest BCUT2D eigenvalue weighted by Crippen LogP contribution is 2.49. The van der Waals surface area contributed by atoms with E-state index in [-0.39, 0.29) is 17.1 Å². The molecule has 1 aliphatic carbocycles. The standard InChI is InChI=1S/C23H31N3O3/c1-22(2,3)29-21(28)25-13-10-17(23(15-25)11-6-7-12-23)14-26-16-24-19-9-5-4-8-18(19)20(26)27/h4-5,8-9,16-17H,6-7,10-15H2,1-3H3/t17-/m0/s1. The molecule has 1 aromatic heterocycles. The lowest BCUT2D eigenvalue weighted by atomic mass is 9.69. The average Bonchev–Trinajstić information content (AvgIpc) is 3.13. The summed E-state index contributed by atoms with van der Waals surface area (Å²) in [5, 5.41) is 0.668. The molecule has 29 heavy (non-hydrogen) atoms. The SMILES string of the molecule is CC(C)(C)OC(=O)N1CC[C@@H](Cn2cnc3ccccc3c2=O)C2(CCCC2)C1. The molecule has 1 amide bonds. The Morgan fingerprint density at radius 1 is 1.24 bits per heavy atom. The molecule has 1 saturated heterocycles. The molecule has 6 nitrogen and oxygen atoms in total. The summed E-state index contributed by atoms with van der Waals surface area (Å²) < 4.78 is 7.40. The lowest BCUT2D eigenvalue weighted by molar-refractivity contribution is -0.0156. The van der Waals surface area contributed by atoms with E-state index in [4.69, 9.17) is 4.74 Å². The predicted octanol–water partition coefficient (Wildman–Crippen LogP) is 4.21. The fraction of sp³-hybridized carbons (Fsp3) is 0.609. The van der Waals surface area contributed by atoms with Crippen molar-refractivity contribution in [3.8, 4) is 0 Å². The number of carbonyl (C=O) groups is 1. The number of para-hydroxylation sites is 1. The van der Waals surface area contributed by atoms with Crippen LogP contribution >= 0.6 is 0 Å². The van der Waals surface area contributed by atoms with E-state index in [9.17, 15) is 9.59 Å². The van der Waals surface area contributed by atoms with Crippen LogP contribution in [-0.2, 0) is 11.3 Å². The van der Waals surface area contributed by atoms with Crippen molar-refractivity contribution in [2.24, 2.45) is 11.3 Å². The van der Waals surface area contributed by atoms with Crippen molar-refractivity contribution >= 4 is 17.0 Å². The first-order valence-electron chi connectivity index (χ1n) is 10.7. The summed E-state index contributed by atoms with van der Waals surface area (Å²) in [5.41, 5.74) is 0.351. The molecule has 156 valence electrons. The maximum atomic E-state index is 13.0. The Morgan fingerprint density at radius 2 is 1.97 bits per heavy atom. The molecule has 2 aromatic rings. The Morgan fingerprint density at radius 3 is 2.69 bits per heavy atom. The van der Waals surface area contributed by atoms with Crippen molar-refractivity contribution in [1.82, 2.24) is 14.5 Å². The van der Waals surface area contributed by atoms with Crippen molar-refractivity contribution in [2.75, 3.05) is 13.1 Å². The third-order valence-electron chi connectivity index (χ3n) is 6.52. The molecule has 1 saturated carbocycles. The van der Waals surface area contributed by atoms with Crippen molar-refractivity contribution in [3.63, 3.8) is 0 Å². The van der Waals surface area contributed by atoms with E-state index in [1.165, 1.54) is 12.8 Å². The van der Waals surface area contributed by atoms with Gasteiger partial charge in [0.2, 0.25) is 0 Å². The normalized spacial score (nSPS) is 21.6. The van der Waals surface area contributed by atoms with Crippen LogP contribution in [0.3, 0.4) is 0 Å². The van der Waals surface area contributed by atoms with Gasteiger partial charge in [0.1, 0.15) is 5.60 Å². The molecule has 1 atom stereocenters. The topological polar surface area (TPSA) is 64.4 Å². The number of carbonyl (C=O) groups excluding carboxylic acids is 1. The number of amides is 1. The third kappa shape index (κ3) is 4.02. The molecule has 1 aliphatic heterocycles. The fourth-order valence-electron chi connectivity index (χ4n) is 5.09. The molecule has 2 heterocycles. The number of piperidine rings is 1. The lowest BCUT2D eigenvalue weighted by Gasteiger charge is -2.46. The van der Waals surface area contributed by atoms with Gasteiger partial charge in [-0.05, 0) is 63.5 Å². The highest BCUT2D eigenvalue weighted by Gasteiger charge is 2.46. The molecule has 1 aromatic carbocycles. The fourth-order valence-corrected chi connectivity index (χ4v) is 5.09. The van der Waals surface area contributed by atoms with Crippen LogP contribution in [0.25, 0.3) is 10.9 Å². The number of rotatable bonds is 2. The quantitative estimate of drug-likeness (QED) is 0.761. The number of ether oxygens (including phenoxy) is 1. The van der Waals surface area contributed by atoms with Crippen molar-refractivity contribution in [3.05, 3.63) is 40.9 Å². The average molecular weight is 398 g/mol. The van der Waals surface area contributed by atoms with E-state index in [2.05, 4.69) is 4.98 Å². The van der Waals surface area contributed by atoms with Gasteiger partial charge in [0, 0.05) is 19.6 Å². The first-order chi connectivity index (χ1) is 13.8. The minimum absolute atomic E-state index is 0.0262. The maximum Gasteiger partial charge on any atom is 0.410 e. The van der Waals surface area contributed by atoms with Crippen LogP contribution in [0.1, 0.15) is 52.9 Å². The highest BCUT2D eigenvalue weighted by atomic mass is 16.6. The van der Waals surface area contributed by atoms with Gasteiger partial charge in [-0.25, -0.2) is 9.78 Å². The van der Waals surface area contributed by atoms with E-state index in [1.54, 1.807) is 10.9 Å². The number of nitrogens with zero attached hydrogens (tertiary/aromatic N) is 3. The van der Waals surface area contributed by atoms with Gasteiger partial charge in [-0.3, -0.25) is 9.36 Å². The summed E-state index contributed by atoms with van der Waals surface area (Å²) in [6, 6.07) is 7.50. The predicted molar refractivity (Wildman–Crippen MR) is 113 cm³/mol. The zero-order valence-corrected chi connectivity index (χ0v) is 17.7. The van der Waals surface area contributed by atoms with Crippen LogP contribution in [0.2, 0.25) is 0 Å². The summed E-state index contributed by atoms with van der Waals surface area (Å²) in [4.78, 5) is 32.0. The van der Waals surface area contributed by atoms with Gasteiger partial charge in [0.05, 0.1) is 17.2 Å². The van der Waals surface area contributed by atoms with Crippen molar-refractivity contribution in [1.29, 1.82) is 0 Å².